The zero-order valence-electron chi connectivity index (χ0n) is 9.83. The Morgan fingerprint density at radius 2 is 2.41 bits per heavy atom. The number of hydrogen-bond acceptors (Lipinski definition) is 3. The molecule has 1 aliphatic rings. The first kappa shape index (κ1) is 11.0. The second-order valence-corrected chi connectivity index (χ2v) is 5.49. The largest absolute Gasteiger partial charge is 0.337 e. The maximum Gasteiger partial charge on any atom is 0.0945 e. The van der Waals surface area contributed by atoms with Crippen molar-refractivity contribution in [2.75, 3.05) is 13.1 Å². The van der Waals surface area contributed by atoms with Crippen molar-refractivity contribution in [3.05, 3.63) is 41.1 Å². The minimum absolute atomic E-state index is 0.692. The van der Waals surface area contributed by atoms with Crippen LogP contribution in [0.2, 0.25) is 0 Å². The van der Waals surface area contributed by atoms with Gasteiger partial charge < -0.3 is 4.57 Å². The fourth-order valence-electron chi connectivity index (χ4n) is 2.39. The van der Waals surface area contributed by atoms with Gasteiger partial charge in [-0.25, -0.2) is 4.98 Å². The summed E-state index contributed by atoms with van der Waals surface area (Å²) in [6.07, 6.45) is 8.31. The number of aromatic nitrogens is 2. The Labute approximate surface area is 106 Å². The van der Waals surface area contributed by atoms with Gasteiger partial charge in [0.05, 0.1) is 6.33 Å². The van der Waals surface area contributed by atoms with Crippen LogP contribution in [0.3, 0.4) is 0 Å². The van der Waals surface area contributed by atoms with Gasteiger partial charge in [-0.2, -0.15) is 0 Å². The Bertz CT molecular complexity index is 435. The van der Waals surface area contributed by atoms with Gasteiger partial charge in [-0.15, -0.1) is 11.3 Å². The molecule has 1 fully saturated rings. The van der Waals surface area contributed by atoms with Crippen LogP contribution in [0.15, 0.2) is 36.2 Å². The smallest absolute Gasteiger partial charge is 0.0945 e. The summed E-state index contributed by atoms with van der Waals surface area (Å²) in [4.78, 5) is 8.17. The van der Waals surface area contributed by atoms with E-state index in [9.17, 15) is 0 Å². The summed E-state index contributed by atoms with van der Waals surface area (Å²) in [5, 5.41) is 2.18. The van der Waals surface area contributed by atoms with Crippen LogP contribution in [0.4, 0.5) is 0 Å². The summed E-state index contributed by atoms with van der Waals surface area (Å²) in [5.74, 6) is 0. The first-order valence-electron chi connectivity index (χ1n) is 6.17. The minimum atomic E-state index is 0.692. The van der Waals surface area contributed by atoms with Gasteiger partial charge in [0.25, 0.3) is 0 Å². The van der Waals surface area contributed by atoms with Gasteiger partial charge in [-0.3, -0.25) is 4.90 Å². The lowest BCUT2D eigenvalue weighted by Crippen LogP contribution is -2.41. The van der Waals surface area contributed by atoms with E-state index >= 15 is 0 Å². The number of rotatable bonds is 5. The van der Waals surface area contributed by atoms with Crippen molar-refractivity contribution in [1.29, 1.82) is 0 Å². The number of thiophene rings is 1. The average molecular weight is 247 g/mol. The summed E-state index contributed by atoms with van der Waals surface area (Å²) in [5.41, 5.74) is 0. The van der Waals surface area contributed by atoms with Crippen LogP contribution >= 0.6 is 11.3 Å². The van der Waals surface area contributed by atoms with Gasteiger partial charge in [-0.1, -0.05) is 6.07 Å². The van der Waals surface area contributed by atoms with Crippen molar-refractivity contribution < 1.29 is 0 Å². The fourth-order valence-corrected chi connectivity index (χ4v) is 3.28. The van der Waals surface area contributed by atoms with E-state index in [1.54, 1.807) is 0 Å². The first-order chi connectivity index (χ1) is 8.43. The molecule has 0 aromatic carbocycles. The Morgan fingerprint density at radius 1 is 1.41 bits per heavy atom. The first-order valence-corrected chi connectivity index (χ1v) is 7.04. The molecule has 90 valence electrons. The van der Waals surface area contributed by atoms with Crippen molar-refractivity contribution in [1.82, 2.24) is 14.5 Å². The van der Waals surface area contributed by atoms with Gasteiger partial charge in [-0.05, 0) is 24.3 Å². The van der Waals surface area contributed by atoms with Gasteiger partial charge in [0.1, 0.15) is 0 Å². The van der Waals surface area contributed by atoms with Crippen molar-refractivity contribution >= 4 is 11.3 Å². The van der Waals surface area contributed by atoms with Gasteiger partial charge in [0.15, 0.2) is 0 Å². The molecule has 0 bridgehead atoms. The van der Waals surface area contributed by atoms with E-state index in [0.717, 1.165) is 6.54 Å². The van der Waals surface area contributed by atoms with Crippen molar-refractivity contribution in [2.24, 2.45) is 0 Å². The normalized spacial score (nSPS) is 20.4. The van der Waals surface area contributed by atoms with Gasteiger partial charge in [0.2, 0.25) is 0 Å². The summed E-state index contributed by atoms with van der Waals surface area (Å²) in [7, 11) is 0. The van der Waals surface area contributed by atoms with Crippen LogP contribution in [0.25, 0.3) is 0 Å². The van der Waals surface area contributed by atoms with Crippen molar-refractivity contribution in [2.45, 2.75) is 25.4 Å². The highest BCUT2D eigenvalue weighted by Gasteiger charge is 2.29. The fraction of sp³-hybridized carbons (Fsp3) is 0.462. The molecule has 0 N–H and O–H groups in total. The van der Waals surface area contributed by atoms with E-state index < -0.39 is 0 Å². The predicted molar refractivity (Wildman–Crippen MR) is 70.1 cm³/mol. The van der Waals surface area contributed by atoms with E-state index in [0.29, 0.717) is 6.04 Å². The zero-order chi connectivity index (χ0) is 11.5. The summed E-state index contributed by atoms with van der Waals surface area (Å²) in [6, 6.07) is 5.11. The molecule has 3 nitrogen and oxygen atoms in total. The summed E-state index contributed by atoms with van der Waals surface area (Å²) in [6.45, 7) is 3.53. The molecular weight excluding hydrogens is 230 g/mol. The maximum atomic E-state index is 4.06. The monoisotopic (exact) mass is 247 g/mol. The topological polar surface area (TPSA) is 21.1 Å². The lowest BCUT2D eigenvalue weighted by atomic mass is 10.0. The van der Waals surface area contributed by atoms with Crippen LogP contribution in [0.5, 0.6) is 0 Å². The van der Waals surface area contributed by atoms with E-state index in [1.165, 1.54) is 30.8 Å². The molecule has 0 aliphatic carbocycles. The third kappa shape index (κ3) is 2.42. The third-order valence-electron chi connectivity index (χ3n) is 3.42. The molecule has 3 rings (SSSR count). The molecule has 0 amide bonds. The van der Waals surface area contributed by atoms with Crippen molar-refractivity contribution in [3.8, 4) is 0 Å². The molecule has 1 atom stereocenters. The molecule has 17 heavy (non-hydrogen) atoms. The van der Waals surface area contributed by atoms with Crippen molar-refractivity contribution in [3.63, 3.8) is 0 Å². The van der Waals surface area contributed by atoms with E-state index in [1.807, 2.05) is 30.1 Å². The molecule has 1 unspecified atom stereocenters. The molecule has 0 saturated carbocycles. The summed E-state index contributed by atoms with van der Waals surface area (Å²) < 4.78 is 2.15. The highest BCUT2D eigenvalue weighted by molar-refractivity contribution is 7.10. The van der Waals surface area contributed by atoms with E-state index in [4.69, 9.17) is 0 Å². The van der Waals surface area contributed by atoms with E-state index in [2.05, 4.69) is 32.0 Å². The lowest BCUT2D eigenvalue weighted by molar-refractivity contribution is 0.0905. The quantitative estimate of drug-likeness (QED) is 0.810. The third-order valence-corrected chi connectivity index (χ3v) is 4.40. The Kier molecular flexibility index (Phi) is 3.25. The van der Waals surface area contributed by atoms with Gasteiger partial charge >= 0.3 is 0 Å². The van der Waals surface area contributed by atoms with Crippen LogP contribution < -0.4 is 0 Å². The molecular formula is C13H17N3S. The Morgan fingerprint density at radius 3 is 3.06 bits per heavy atom. The standard InChI is InChI=1S/C13H17N3S/c1-3-13(17-10-1)12-4-8-16(12)7-2-6-15-9-5-14-11-15/h1,3,5,9-12H,2,4,6-8H2. The van der Waals surface area contributed by atoms with E-state index in [-0.39, 0.29) is 0 Å². The molecule has 1 saturated heterocycles. The number of aryl methyl sites for hydroxylation is 1. The average Bonchev–Trinajstić information content (AvgIpc) is 2.94. The second kappa shape index (κ2) is 5.02. The van der Waals surface area contributed by atoms with Crippen LogP contribution in [-0.2, 0) is 6.54 Å². The Hall–Kier alpha value is -1.13. The lowest BCUT2D eigenvalue weighted by Gasteiger charge is -2.40. The number of likely N-dealkylation sites (tertiary alicyclic amines) is 1. The molecule has 0 spiro atoms. The zero-order valence-corrected chi connectivity index (χ0v) is 10.6. The molecule has 2 aromatic heterocycles. The highest BCUT2D eigenvalue weighted by Crippen LogP contribution is 2.35. The number of nitrogens with zero attached hydrogens (tertiary/aromatic N) is 3. The molecule has 4 heteroatoms. The second-order valence-electron chi connectivity index (χ2n) is 4.51. The minimum Gasteiger partial charge on any atom is -0.337 e. The highest BCUT2D eigenvalue weighted by atomic mass is 32.1. The molecule has 3 heterocycles. The Balaban J connectivity index is 1.47. The summed E-state index contributed by atoms with van der Waals surface area (Å²) >= 11 is 1.88. The maximum absolute atomic E-state index is 4.06. The van der Waals surface area contributed by atoms with Gasteiger partial charge in [0, 0.05) is 42.9 Å². The predicted octanol–water partition coefficient (Wildman–Crippen LogP) is 2.78. The molecule has 0 radical (unpaired) electrons. The number of hydrogen-bond donors (Lipinski definition) is 0. The molecule has 2 aromatic rings. The number of imidazole rings is 1. The van der Waals surface area contributed by atoms with Crippen LogP contribution in [-0.4, -0.2) is 27.5 Å². The van der Waals surface area contributed by atoms with Crippen LogP contribution in [0, 0.1) is 0 Å². The van der Waals surface area contributed by atoms with Crippen LogP contribution in [0.1, 0.15) is 23.8 Å². The molecule has 1 aliphatic heterocycles. The SMILES string of the molecule is c1csc(C2CCN2CCCn2ccnc2)c1.